The second kappa shape index (κ2) is 7.99. The lowest BCUT2D eigenvalue weighted by Gasteiger charge is -2.20. The van der Waals surface area contributed by atoms with Gasteiger partial charge in [-0.05, 0) is 29.1 Å². The van der Waals surface area contributed by atoms with E-state index in [-0.39, 0.29) is 11.9 Å². The highest BCUT2D eigenvalue weighted by Gasteiger charge is 2.33. The van der Waals surface area contributed by atoms with E-state index < -0.39 is 5.97 Å². The third kappa shape index (κ3) is 3.64. The molecule has 6 nitrogen and oxygen atoms in total. The van der Waals surface area contributed by atoms with Crippen LogP contribution in [0.1, 0.15) is 37.4 Å². The summed E-state index contributed by atoms with van der Waals surface area (Å²) in [6.45, 7) is 2.88. The molecule has 1 aliphatic rings. The fourth-order valence-corrected chi connectivity index (χ4v) is 3.77. The normalized spacial score (nSPS) is 15.8. The fraction of sp³-hybridized carbons (Fsp3) is 0.208. The van der Waals surface area contributed by atoms with Crippen LogP contribution < -0.4 is 9.47 Å². The zero-order valence-electron chi connectivity index (χ0n) is 17.1. The van der Waals surface area contributed by atoms with E-state index in [1.165, 1.54) is 18.9 Å². The van der Waals surface area contributed by atoms with E-state index in [4.69, 9.17) is 9.47 Å². The van der Waals surface area contributed by atoms with Crippen LogP contribution in [0.3, 0.4) is 0 Å². The van der Waals surface area contributed by atoms with Crippen molar-refractivity contribution < 1.29 is 19.1 Å². The van der Waals surface area contributed by atoms with Crippen molar-refractivity contribution in [3.63, 3.8) is 0 Å². The van der Waals surface area contributed by atoms with Crippen LogP contribution in [0.25, 0.3) is 10.8 Å². The lowest BCUT2D eigenvalue weighted by molar-refractivity contribution is -0.132. The van der Waals surface area contributed by atoms with E-state index in [9.17, 15) is 9.59 Å². The summed E-state index contributed by atoms with van der Waals surface area (Å²) in [7, 11) is 1.62. The largest absolute Gasteiger partial charge is 0.497 e. The molecule has 6 heteroatoms. The summed E-state index contributed by atoms with van der Waals surface area (Å²) in [6.07, 6.45) is 0.512. The maximum Gasteiger partial charge on any atom is 0.308 e. The van der Waals surface area contributed by atoms with Crippen molar-refractivity contribution in [1.82, 2.24) is 5.01 Å². The molecule has 4 rings (SSSR count). The van der Waals surface area contributed by atoms with Gasteiger partial charge < -0.3 is 9.47 Å². The number of hydrogen-bond donors (Lipinski definition) is 0. The molecular formula is C24H22N2O4. The average Bonchev–Trinajstić information content (AvgIpc) is 3.19. The van der Waals surface area contributed by atoms with Gasteiger partial charge in [-0.25, -0.2) is 5.01 Å². The van der Waals surface area contributed by atoms with Gasteiger partial charge in [0.15, 0.2) is 0 Å². The van der Waals surface area contributed by atoms with Gasteiger partial charge in [0.05, 0.1) is 18.9 Å². The molecule has 1 atom stereocenters. The average molecular weight is 402 g/mol. The molecule has 0 aliphatic carbocycles. The molecule has 0 spiro atoms. The second-order valence-corrected chi connectivity index (χ2v) is 7.16. The number of carbonyl (C=O) groups excluding carboxylic acids is 2. The molecule has 1 amide bonds. The lowest BCUT2D eigenvalue weighted by atomic mass is 9.96. The third-order valence-electron chi connectivity index (χ3n) is 5.17. The summed E-state index contributed by atoms with van der Waals surface area (Å²) in [5.41, 5.74) is 2.37. The van der Waals surface area contributed by atoms with Crippen molar-refractivity contribution in [3.8, 4) is 11.5 Å². The van der Waals surface area contributed by atoms with Crippen molar-refractivity contribution in [2.45, 2.75) is 26.3 Å². The molecule has 0 bridgehead atoms. The van der Waals surface area contributed by atoms with Crippen molar-refractivity contribution in [3.05, 3.63) is 71.8 Å². The number of amides is 1. The minimum atomic E-state index is -0.402. The van der Waals surface area contributed by atoms with Crippen LogP contribution in [0, 0.1) is 0 Å². The summed E-state index contributed by atoms with van der Waals surface area (Å²) >= 11 is 0. The smallest absolute Gasteiger partial charge is 0.308 e. The van der Waals surface area contributed by atoms with E-state index in [0.717, 1.165) is 22.1 Å². The quantitative estimate of drug-likeness (QED) is 0.477. The Labute approximate surface area is 174 Å². The van der Waals surface area contributed by atoms with Crippen molar-refractivity contribution in [1.29, 1.82) is 0 Å². The zero-order chi connectivity index (χ0) is 21.3. The number of benzene rings is 3. The van der Waals surface area contributed by atoms with Gasteiger partial charge in [-0.1, -0.05) is 42.5 Å². The van der Waals surface area contributed by atoms with Crippen molar-refractivity contribution in [2.24, 2.45) is 5.10 Å². The van der Waals surface area contributed by atoms with E-state index in [1.807, 2.05) is 60.7 Å². The molecule has 0 radical (unpaired) electrons. The van der Waals surface area contributed by atoms with E-state index >= 15 is 0 Å². The number of carbonyl (C=O) groups is 2. The highest BCUT2D eigenvalue weighted by molar-refractivity contribution is 6.09. The maximum atomic E-state index is 12.3. The highest BCUT2D eigenvalue weighted by atomic mass is 16.5. The van der Waals surface area contributed by atoms with Crippen molar-refractivity contribution in [2.75, 3.05) is 7.11 Å². The van der Waals surface area contributed by atoms with Crippen LogP contribution in [0.4, 0.5) is 0 Å². The second-order valence-electron chi connectivity index (χ2n) is 7.16. The Morgan fingerprint density at radius 3 is 2.40 bits per heavy atom. The predicted molar refractivity (Wildman–Crippen MR) is 115 cm³/mol. The molecule has 0 fully saturated rings. The number of nitrogens with zero attached hydrogens (tertiary/aromatic N) is 2. The summed E-state index contributed by atoms with van der Waals surface area (Å²) in [5, 5.41) is 7.89. The summed E-state index contributed by atoms with van der Waals surface area (Å²) in [6, 6.07) is 18.9. The number of ether oxygens (including phenoxy) is 2. The van der Waals surface area contributed by atoms with Crippen LogP contribution in [0.15, 0.2) is 65.8 Å². The van der Waals surface area contributed by atoms with Gasteiger partial charge in [0.2, 0.25) is 5.91 Å². The summed E-state index contributed by atoms with van der Waals surface area (Å²) in [4.78, 5) is 24.1. The summed E-state index contributed by atoms with van der Waals surface area (Å²) < 4.78 is 10.8. The Balaban J connectivity index is 1.78. The molecule has 3 aromatic rings. The molecule has 0 saturated heterocycles. The van der Waals surface area contributed by atoms with Crippen LogP contribution in [0.5, 0.6) is 11.5 Å². The van der Waals surface area contributed by atoms with Gasteiger partial charge in [0.25, 0.3) is 0 Å². The first kappa shape index (κ1) is 19.6. The first-order chi connectivity index (χ1) is 14.5. The number of hydrazone groups is 1. The van der Waals surface area contributed by atoms with E-state index in [1.54, 1.807) is 7.11 Å². The monoisotopic (exact) mass is 402 g/mol. The van der Waals surface area contributed by atoms with Gasteiger partial charge in [-0.15, -0.1) is 0 Å². The molecule has 152 valence electrons. The maximum absolute atomic E-state index is 12.3. The Kier molecular flexibility index (Phi) is 5.23. The molecule has 30 heavy (non-hydrogen) atoms. The summed E-state index contributed by atoms with van der Waals surface area (Å²) in [5.74, 6) is 0.666. The SMILES string of the molecule is COc1ccc([C@@H]2CC(c3ccc4ccccc4c3OC(C)=O)=NN2C(C)=O)cc1. The van der Waals surface area contributed by atoms with Gasteiger partial charge in [-0.2, -0.15) is 5.10 Å². The van der Waals surface area contributed by atoms with Gasteiger partial charge in [0, 0.05) is 31.2 Å². The number of hydrogen-bond acceptors (Lipinski definition) is 5. The number of methoxy groups -OCH3 is 1. The van der Waals surface area contributed by atoms with Crippen LogP contribution in [-0.4, -0.2) is 29.7 Å². The molecule has 1 aliphatic heterocycles. The lowest BCUT2D eigenvalue weighted by Crippen LogP contribution is -2.24. The fourth-order valence-electron chi connectivity index (χ4n) is 3.77. The molecule has 0 unspecified atom stereocenters. The number of rotatable bonds is 4. The predicted octanol–water partition coefficient (Wildman–Crippen LogP) is 4.47. The van der Waals surface area contributed by atoms with Crippen LogP contribution >= 0.6 is 0 Å². The molecule has 0 N–H and O–H groups in total. The standard InChI is InChI=1S/C24H22N2O4/c1-15(27)26-23(18-8-11-19(29-3)12-9-18)14-22(25-26)21-13-10-17-6-4-5-7-20(17)24(21)30-16(2)28/h4-13,23H,14H2,1-3H3/t23-/m0/s1. The van der Waals surface area contributed by atoms with Gasteiger partial charge >= 0.3 is 5.97 Å². The number of esters is 1. The van der Waals surface area contributed by atoms with E-state index in [0.29, 0.717) is 23.4 Å². The molecule has 0 saturated carbocycles. The molecule has 3 aromatic carbocycles. The zero-order valence-corrected chi connectivity index (χ0v) is 17.1. The van der Waals surface area contributed by atoms with Crippen LogP contribution in [-0.2, 0) is 9.59 Å². The van der Waals surface area contributed by atoms with Crippen LogP contribution in [0.2, 0.25) is 0 Å². The molecule has 0 aromatic heterocycles. The Bertz CT molecular complexity index is 1150. The van der Waals surface area contributed by atoms with Gasteiger partial charge in [-0.3, -0.25) is 9.59 Å². The topological polar surface area (TPSA) is 68.2 Å². The minimum Gasteiger partial charge on any atom is -0.497 e. The molecule has 1 heterocycles. The molecular weight excluding hydrogens is 380 g/mol. The van der Waals surface area contributed by atoms with E-state index in [2.05, 4.69) is 5.10 Å². The Morgan fingerprint density at radius 2 is 1.73 bits per heavy atom. The third-order valence-corrected chi connectivity index (χ3v) is 5.17. The Hall–Kier alpha value is -3.67. The number of fused-ring (bicyclic) bond motifs is 1. The minimum absolute atomic E-state index is 0.152. The highest BCUT2D eigenvalue weighted by Crippen LogP contribution is 2.38. The van der Waals surface area contributed by atoms with Gasteiger partial charge in [0.1, 0.15) is 11.5 Å². The van der Waals surface area contributed by atoms with Crippen molar-refractivity contribution >= 4 is 28.4 Å². The first-order valence-electron chi connectivity index (χ1n) is 9.69. The Morgan fingerprint density at radius 1 is 1.00 bits per heavy atom. The first-order valence-corrected chi connectivity index (χ1v) is 9.69.